The number of aromatic nitrogens is 3. The number of hydrogen-bond acceptors (Lipinski definition) is 4. The van der Waals surface area contributed by atoms with Crippen molar-refractivity contribution in [2.24, 2.45) is 0 Å². The van der Waals surface area contributed by atoms with Gasteiger partial charge < -0.3 is 0 Å². The summed E-state index contributed by atoms with van der Waals surface area (Å²) in [7, 11) is -3.88. The Labute approximate surface area is 160 Å². The molecule has 2 aromatic carbocycles. The molecule has 0 atom stereocenters. The number of hydrogen-bond donors (Lipinski definition) is 1. The van der Waals surface area contributed by atoms with Gasteiger partial charge in [0.25, 0.3) is 16.0 Å². The molecule has 0 saturated heterocycles. The quantitative estimate of drug-likeness (QED) is 0.695. The smallest absolute Gasteiger partial charge is 0.246 e. The molecule has 0 saturated carbocycles. The molecule has 0 aliphatic rings. The third-order valence-corrected chi connectivity index (χ3v) is 5.47. The van der Waals surface area contributed by atoms with Crippen LogP contribution in [0.4, 0.5) is 19.1 Å². The predicted molar refractivity (Wildman–Crippen MR) is 97.3 cm³/mol. The molecule has 0 aliphatic heterocycles. The van der Waals surface area contributed by atoms with E-state index < -0.39 is 21.8 Å². The molecule has 0 spiro atoms. The van der Waals surface area contributed by atoms with Crippen LogP contribution < -0.4 is 4.72 Å². The van der Waals surface area contributed by atoms with E-state index in [4.69, 9.17) is 0 Å². The van der Waals surface area contributed by atoms with Gasteiger partial charge in [-0.3, -0.25) is 0 Å². The summed E-state index contributed by atoms with van der Waals surface area (Å²) in [4.78, 5) is 3.98. The minimum atomic E-state index is -4.44. The van der Waals surface area contributed by atoms with Crippen molar-refractivity contribution in [2.45, 2.75) is 31.5 Å². The fourth-order valence-electron chi connectivity index (χ4n) is 2.73. The summed E-state index contributed by atoms with van der Waals surface area (Å²) < 4.78 is 67.0. The summed E-state index contributed by atoms with van der Waals surface area (Å²) in [5.74, 6) is -0.160. The van der Waals surface area contributed by atoms with E-state index in [1.165, 1.54) is 29.2 Å². The first-order valence-corrected chi connectivity index (χ1v) is 9.68. The summed E-state index contributed by atoms with van der Waals surface area (Å²) in [5, 5.41) is 3.99. The lowest BCUT2D eigenvalue weighted by molar-refractivity contribution is -0.137. The highest BCUT2D eigenvalue weighted by Crippen LogP contribution is 2.29. The van der Waals surface area contributed by atoms with Gasteiger partial charge in [0.15, 0.2) is 0 Å². The van der Waals surface area contributed by atoms with Crippen LogP contribution in [0.3, 0.4) is 0 Å². The number of halogens is 3. The lowest BCUT2D eigenvalue weighted by Crippen LogP contribution is -2.15. The molecule has 6 nitrogen and oxygen atoms in total. The molecular weight excluding hydrogens is 393 g/mol. The molecule has 0 amide bonds. The SMILES string of the molecule is Cc1ccc(S(=O)(=O)Nc2ncn(Cc3cccc(C(F)(F)F)c3)n2)c(C)c1. The lowest BCUT2D eigenvalue weighted by atomic mass is 10.1. The Balaban J connectivity index is 1.77. The van der Waals surface area contributed by atoms with Crippen molar-refractivity contribution in [3.05, 3.63) is 71.0 Å². The summed E-state index contributed by atoms with van der Waals surface area (Å²) in [6, 6.07) is 9.74. The number of benzene rings is 2. The third-order valence-electron chi connectivity index (χ3n) is 3.98. The van der Waals surface area contributed by atoms with E-state index in [1.54, 1.807) is 19.1 Å². The van der Waals surface area contributed by atoms with Gasteiger partial charge in [-0.25, -0.2) is 17.8 Å². The summed E-state index contributed by atoms with van der Waals surface area (Å²) in [6.07, 6.45) is -3.19. The van der Waals surface area contributed by atoms with Crippen LogP contribution >= 0.6 is 0 Å². The Bertz CT molecular complexity index is 1110. The topological polar surface area (TPSA) is 76.9 Å². The van der Waals surface area contributed by atoms with Gasteiger partial charge in [-0.2, -0.15) is 18.2 Å². The zero-order valence-electron chi connectivity index (χ0n) is 15.0. The first-order chi connectivity index (χ1) is 13.0. The van der Waals surface area contributed by atoms with Crippen LogP contribution in [0.5, 0.6) is 0 Å². The lowest BCUT2D eigenvalue weighted by Gasteiger charge is -2.09. The maximum absolute atomic E-state index is 12.8. The standard InChI is InChI=1S/C18H17F3N4O2S/c1-12-6-7-16(13(2)8-12)28(26,27)24-17-22-11-25(23-17)10-14-4-3-5-15(9-14)18(19,20)21/h3-9,11H,10H2,1-2H3,(H,23,24). The van der Waals surface area contributed by atoms with Gasteiger partial charge in [0.2, 0.25) is 0 Å². The minimum Gasteiger partial charge on any atom is -0.246 e. The molecule has 0 bridgehead atoms. The van der Waals surface area contributed by atoms with Crippen molar-refractivity contribution >= 4 is 16.0 Å². The van der Waals surface area contributed by atoms with Crippen molar-refractivity contribution in [3.8, 4) is 0 Å². The molecule has 0 unspecified atom stereocenters. The zero-order chi connectivity index (χ0) is 20.5. The van der Waals surface area contributed by atoms with Crippen LogP contribution in [0, 0.1) is 13.8 Å². The molecule has 0 aliphatic carbocycles. The Kier molecular flexibility index (Phi) is 5.16. The van der Waals surface area contributed by atoms with Gasteiger partial charge in [0.1, 0.15) is 6.33 Å². The van der Waals surface area contributed by atoms with Crippen LogP contribution in [0.1, 0.15) is 22.3 Å². The third kappa shape index (κ3) is 4.50. The average molecular weight is 410 g/mol. The van der Waals surface area contributed by atoms with Gasteiger partial charge in [0, 0.05) is 0 Å². The monoisotopic (exact) mass is 410 g/mol. The molecule has 3 rings (SSSR count). The van der Waals surface area contributed by atoms with Gasteiger partial charge in [-0.05, 0) is 43.2 Å². The van der Waals surface area contributed by atoms with E-state index in [0.29, 0.717) is 11.1 Å². The summed E-state index contributed by atoms with van der Waals surface area (Å²) in [6.45, 7) is 3.55. The molecule has 1 aromatic heterocycles. The molecule has 0 radical (unpaired) electrons. The Morgan fingerprint density at radius 3 is 2.54 bits per heavy atom. The second kappa shape index (κ2) is 7.27. The van der Waals surface area contributed by atoms with Crippen LogP contribution in [0.25, 0.3) is 0 Å². The van der Waals surface area contributed by atoms with Crippen LogP contribution in [0.2, 0.25) is 0 Å². The van der Waals surface area contributed by atoms with Crippen LogP contribution in [0.15, 0.2) is 53.7 Å². The molecule has 1 N–H and O–H groups in total. The van der Waals surface area contributed by atoms with E-state index in [0.717, 1.165) is 17.7 Å². The molecule has 10 heteroatoms. The highest BCUT2D eigenvalue weighted by Gasteiger charge is 2.30. The fourth-order valence-corrected chi connectivity index (χ4v) is 3.90. The normalized spacial score (nSPS) is 12.2. The van der Waals surface area contributed by atoms with Crippen molar-refractivity contribution in [1.82, 2.24) is 14.8 Å². The largest absolute Gasteiger partial charge is 0.416 e. The number of alkyl halides is 3. The minimum absolute atomic E-state index is 0.0161. The number of aryl methyl sites for hydroxylation is 2. The highest BCUT2D eigenvalue weighted by atomic mass is 32.2. The number of nitrogens with zero attached hydrogens (tertiary/aromatic N) is 3. The van der Waals surface area contributed by atoms with E-state index in [-0.39, 0.29) is 17.4 Å². The van der Waals surface area contributed by atoms with Gasteiger partial charge in [-0.1, -0.05) is 29.8 Å². The summed E-state index contributed by atoms with van der Waals surface area (Å²) >= 11 is 0. The summed E-state index contributed by atoms with van der Waals surface area (Å²) in [5.41, 5.74) is 1.11. The average Bonchev–Trinajstić information content (AvgIpc) is 3.00. The first-order valence-electron chi connectivity index (χ1n) is 8.20. The molecule has 0 fully saturated rings. The van der Waals surface area contributed by atoms with E-state index in [2.05, 4.69) is 14.8 Å². The van der Waals surface area contributed by atoms with Crippen molar-refractivity contribution in [2.75, 3.05) is 4.72 Å². The second-order valence-electron chi connectivity index (χ2n) is 6.34. The van der Waals surface area contributed by atoms with Gasteiger partial charge in [-0.15, -0.1) is 5.10 Å². The highest BCUT2D eigenvalue weighted by molar-refractivity contribution is 7.92. The number of nitrogens with one attached hydrogen (secondary N) is 1. The van der Waals surface area contributed by atoms with Crippen LogP contribution in [-0.2, 0) is 22.7 Å². The van der Waals surface area contributed by atoms with Gasteiger partial charge >= 0.3 is 6.18 Å². The van der Waals surface area contributed by atoms with Crippen molar-refractivity contribution < 1.29 is 21.6 Å². The molecular formula is C18H17F3N4O2S. The predicted octanol–water partition coefficient (Wildman–Crippen LogP) is 3.76. The number of rotatable bonds is 5. The zero-order valence-corrected chi connectivity index (χ0v) is 15.8. The Morgan fingerprint density at radius 1 is 1.11 bits per heavy atom. The molecule has 148 valence electrons. The van der Waals surface area contributed by atoms with Crippen molar-refractivity contribution in [1.29, 1.82) is 0 Å². The van der Waals surface area contributed by atoms with Crippen LogP contribution in [-0.4, -0.2) is 23.2 Å². The van der Waals surface area contributed by atoms with E-state index in [1.807, 2.05) is 6.92 Å². The number of anilines is 1. The molecule has 28 heavy (non-hydrogen) atoms. The molecule has 1 heterocycles. The maximum atomic E-state index is 12.8. The maximum Gasteiger partial charge on any atom is 0.416 e. The first kappa shape index (κ1) is 19.9. The van der Waals surface area contributed by atoms with E-state index in [9.17, 15) is 21.6 Å². The molecule has 3 aromatic rings. The second-order valence-corrected chi connectivity index (χ2v) is 7.99. The van der Waals surface area contributed by atoms with Gasteiger partial charge in [0.05, 0.1) is 17.0 Å². The van der Waals surface area contributed by atoms with E-state index >= 15 is 0 Å². The number of sulfonamides is 1. The van der Waals surface area contributed by atoms with Crippen molar-refractivity contribution in [3.63, 3.8) is 0 Å². The Hall–Kier alpha value is -2.88. The Morgan fingerprint density at radius 2 is 1.86 bits per heavy atom. The fraction of sp³-hybridized carbons (Fsp3) is 0.222.